The SMILES string of the molecule is CC(C1CC1)N(C)S(=O)(=O)c1ccc2ccccc2c1. The maximum Gasteiger partial charge on any atom is 0.243 e. The van der Waals surface area contributed by atoms with Crippen LogP contribution in [0.1, 0.15) is 19.8 Å². The van der Waals surface area contributed by atoms with E-state index in [9.17, 15) is 8.42 Å². The molecule has 3 rings (SSSR count). The van der Waals surface area contributed by atoms with Gasteiger partial charge in [0.25, 0.3) is 0 Å². The topological polar surface area (TPSA) is 37.4 Å². The van der Waals surface area contributed by atoms with Crippen LogP contribution >= 0.6 is 0 Å². The van der Waals surface area contributed by atoms with Crippen molar-refractivity contribution in [3.8, 4) is 0 Å². The fourth-order valence-electron chi connectivity index (χ4n) is 2.59. The van der Waals surface area contributed by atoms with E-state index in [-0.39, 0.29) is 6.04 Å². The molecule has 1 aliphatic rings. The van der Waals surface area contributed by atoms with Crippen molar-refractivity contribution >= 4 is 20.8 Å². The summed E-state index contributed by atoms with van der Waals surface area (Å²) >= 11 is 0. The molecule has 1 saturated carbocycles. The van der Waals surface area contributed by atoms with E-state index in [0.29, 0.717) is 10.8 Å². The van der Waals surface area contributed by atoms with Crippen LogP contribution in [-0.2, 0) is 10.0 Å². The van der Waals surface area contributed by atoms with Gasteiger partial charge in [0.15, 0.2) is 0 Å². The maximum absolute atomic E-state index is 12.7. The summed E-state index contributed by atoms with van der Waals surface area (Å²) in [6.45, 7) is 2.00. The highest BCUT2D eigenvalue weighted by atomic mass is 32.2. The Morgan fingerprint density at radius 1 is 1.10 bits per heavy atom. The zero-order chi connectivity index (χ0) is 14.3. The van der Waals surface area contributed by atoms with Gasteiger partial charge in [-0.2, -0.15) is 4.31 Å². The van der Waals surface area contributed by atoms with Gasteiger partial charge in [0.05, 0.1) is 4.90 Å². The second kappa shape index (κ2) is 4.86. The number of rotatable bonds is 4. The van der Waals surface area contributed by atoms with Gasteiger partial charge in [0, 0.05) is 13.1 Å². The molecule has 1 atom stereocenters. The Hall–Kier alpha value is -1.39. The van der Waals surface area contributed by atoms with Gasteiger partial charge >= 0.3 is 0 Å². The lowest BCUT2D eigenvalue weighted by molar-refractivity contribution is 0.357. The molecule has 0 radical (unpaired) electrons. The highest BCUT2D eigenvalue weighted by molar-refractivity contribution is 7.89. The molecule has 0 bridgehead atoms. The van der Waals surface area contributed by atoms with Crippen molar-refractivity contribution in [2.24, 2.45) is 5.92 Å². The molecule has 0 aliphatic heterocycles. The number of hydrogen-bond acceptors (Lipinski definition) is 2. The third kappa shape index (κ3) is 2.34. The standard InChI is InChI=1S/C16H19NO2S/c1-12(13-7-8-13)17(2)20(18,19)16-10-9-14-5-3-4-6-15(14)11-16/h3-6,9-13H,7-8H2,1-2H3. The van der Waals surface area contributed by atoms with E-state index in [1.54, 1.807) is 19.2 Å². The molecule has 0 aromatic heterocycles. The van der Waals surface area contributed by atoms with E-state index < -0.39 is 10.0 Å². The lowest BCUT2D eigenvalue weighted by atomic mass is 10.1. The van der Waals surface area contributed by atoms with E-state index in [1.165, 1.54) is 4.31 Å². The Bertz CT molecular complexity index is 735. The first kappa shape index (κ1) is 13.6. The van der Waals surface area contributed by atoms with Crippen LogP contribution in [0.25, 0.3) is 10.8 Å². The Labute approximate surface area is 120 Å². The van der Waals surface area contributed by atoms with Crippen molar-refractivity contribution in [1.82, 2.24) is 4.31 Å². The molecule has 4 heteroatoms. The highest BCUT2D eigenvalue weighted by Gasteiger charge is 2.35. The van der Waals surface area contributed by atoms with Gasteiger partial charge in [-0.15, -0.1) is 0 Å². The van der Waals surface area contributed by atoms with Crippen LogP contribution in [0.2, 0.25) is 0 Å². The molecule has 1 aliphatic carbocycles. The van der Waals surface area contributed by atoms with Crippen LogP contribution in [0.5, 0.6) is 0 Å². The van der Waals surface area contributed by atoms with E-state index in [0.717, 1.165) is 23.6 Å². The summed E-state index contributed by atoms with van der Waals surface area (Å²) < 4.78 is 26.9. The Kier molecular flexibility index (Phi) is 3.30. The van der Waals surface area contributed by atoms with Crippen LogP contribution in [0.3, 0.4) is 0 Å². The largest absolute Gasteiger partial charge is 0.243 e. The average molecular weight is 289 g/mol. The summed E-state index contributed by atoms with van der Waals surface area (Å²) in [6.07, 6.45) is 2.28. The van der Waals surface area contributed by atoms with Gasteiger partial charge in [0.1, 0.15) is 0 Å². The zero-order valence-electron chi connectivity index (χ0n) is 11.8. The van der Waals surface area contributed by atoms with E-state index in [4.69, 9.17) is 0 Å². The first-order valence-corrected chi connectivity index (χ1v) is 8.41. The Morgan fingerprint density at radius 3 is 2.40 bits per heavy atom. The lowest BCUT2D eigenvalue weighted by Crippen LogP contribution is -2.36. The maximum atomic E-state index is 12.7. The average Bonchev–Trinajstić information content (AvgIpc) is 3.29. The zero-order valence-corrected chi connectivity index (χ0v) is 12.6. The summed E-state index contributed by atoms with van der Waals surface area (Å²) in [5, 5.41) is 2.02. The van der Waals surface area contributed by atoms with Gasteiger partial charge < -0.3 is 0 Å². The molecule has 0 heterocycles. The minimum Gasteiger partial charge on any atom is -0.207 e. The first-order valence-electron chi connectivity index (χ1n) is 6.97. The molecule has 1 unspecified atom stereocenters. The normalized spacial score (nSPS) is 17.6. The van der Waals surface area contributed by atoms with Gasteiger partial charge in [-0.05, 0) is 48.6 Å². The lowest BCUT2D eigenvalue weighted by Gasteiger charge is -2.24. The number of sulfonamides is 1. The molecule has 0 amide bonds. The quantitative estimate of drug-likeness (QED) is 0.866. The van der Waals surface area contributed by atoms with Crippen molar-refractivity contribution in [3.05, 3.63) is 42.5 Å². The Morgan fingerprint density at radius 2 is 1.75 bits per heavy atom. The van der Waals surface area contributed by atoms with Crippen molar-refractivity contribution in [1.29, 1.82) is 0 Å². The number of benzene rings is 2. The molecular weight excluding hydrogens is 270 g/mol. The molecule has 2 aromatic rings. The molecule has 3 nitrogen and oxygen atoms in total. The van der Waals surface area contributed by atoms with E-state index in [1.807, 2.05) is 37.3 Å². The molecular formula is C16H19NO2S. The van der Waals surface area contributed by atoms with E-state index >= 15 is 0 Å². The van der Waals surface area contributed by atoms with Gasteiger partial charge in [-0.25, -0.2) is 8.42 Å². The minimum absolute atomic E-state index is 0.0754. The smallest absolute Gasteiger partial charge is 0.207 e. The van der Waals surface area contributed by atoms with Crippen LogP contribution in [-0.4, -0.2) is 25.8 Å². The van der Waals surface area contributed by atoms with Gasteiger partial charge in [-0.1, -0.05) is 30.3 Å². The minimum atomic E-state index is -3.40. The fourth-order valence-corrected chi connectivity index (χ4v) is 4.05. The molecule has 0 spiro atoms. The third-order valence-corrected chi connectivity index (χ3v) is 6.22. The van der Waals surface area contributed by atoms with Crippen LogP contribution < -0.4 is 0 Å². The molecule has 20 heavy (non-hydrogen) atoms. The van der Waals surface area contributed by atoms with Gasteiger partial charge in [0.2, 0.25) is 10.0 Å². The first-order chi connectivity index (χ1) is 9.50. The van der Waals surface area contributed by atoms with Crippen LogP contribution in [0.4, 0.5) is 0 Å². The van der Waals surface area contributed by atoms with Crippen LogP contribution in [0, 0.1) is 5.92 Å². The van der Waals surface area contributed by atoms with Crippen molar-refractivity contribution in [2.75, 3.05) is 7.05 Å². The van der Waals surface area contributed by atoms with E-state index in [2.05, 4.69) is 0 Å². The summed E-state index contributed by atoms with van der Waals surface area (Å²) in [4.78, 5) is 0.381. The molecule has 0 saturated heterocycles. The number of nitrogens with zero attached hydrogens (tertiary/aromatic N) is 1. The van der Waals surface area contributed by atoms with Crippen molar-refractivity contribution < 1.29 is 8.42 Å². The fraction of sp³-hybridized carbons (Fsp3) is 0.375. The molecule has 106 valence electrons. The second-order valence-electron chi connectivity index (χ2n) is 5.61. The van der Waals surface area contributed by atoms with Crippen molar-refractivity contribution in [2.45, 2.75) is 30.7 Å². The highest BCUT2D eigenvalue weighted by Crippen LogP contribution is 2.36. The summed E-state index contributed by atoms with van der Waals surface area (Å²) in [7, 11) is -1.71. The second-order valence-corrected chi connectivity index (χ2v) is 7.61. The monoisotopic (exact) mass is 289 g/mol. The Balaban J connectivity index is 1.99. The predicted octanol–water partition coefficient (Wildman–Crippen LogP) is 3.26. The molecule has 2 aromatic carbocycles. The molecule has 1 fully saturated rings. The van der Waals surface area contributed by atoms with Gasteiger partial charge in [-0.3, -0.25) is 0 Å². The number of hydrogen-bond donors (Lipinski definition) is 0. The molecule has 0 N–H and O–H groups in total. The summed E-state index contributed by atoms with van der Waals surface area (Å²) in [5.41, 5.74) is 0. The number of fused-ring (bicyclic) bond motifs is 1. The predicted molar refractivity (Wildman–Crippen MR) is 81.1 cm³/mol. The third-order valence-electron chi connectivity index (χ3n) is 4.28. The summed E-state index contributed by atoms with van der Waals surface area (Å²) in [6, 6.07) is 13.2. The van der Waals surface area contributed by atoms with Crippen LogP contribution in [0.15, 0.2) is 47.4 Å². The van der Waals surface area contributed by atoms with Crippen molar-refractivity contribution in [3.63, 3.8) is 0 Å². The summed E-state index contributed by atoms with van der Waals surface area (Å²) in [5.74, 6) is 0.523.